The van der Waals surface area contributed by atoms with Crippen molar-refractivity contribution < 1.29 is 9.53 Å². The Kier molecular flexibility index (Phi) is 6.69. The highest BCUT2D eigenvalue weighted by Gasteiger charge is 1.99. The second-order valence-corrected chi connectivity index (χ2v) is 2.57. The van der Waals surface area contributed by atoms with Crippen LogP contribution in [0.4, 0.5) is 4.79 Å². The highest BCUT2D eigenvalue weighted by molar-refractivity contribution is 5.67. The van der Waals surface area contributed by atoms with Crippen LogP contribution in [0.15, 0.2) is 24.3 Å². The largest absolute Gasteiger partial charge is 0.445 e. The third-order valence-corrected chi connectivity index (χ3v) is 1.52. The number of nitrogens with one attached hydrogen (secondary N) is 1. The Morgan fingerprint density at radius 2 is 2.31 bits per heavy atom. The van der Waals surface area contributed by atoms with Crippen molar-refractivity contribution in [3.8, 4) is 0 Å². The molecule has 0 rings (SSSR count). The molecule has 0 aromatic rings. The van der Waals surface area contributed by atoms with Gasteiger partial charge in [-0.15, -0.1) is 0 Å². The molecule has 3 heteroatoms. The van der Waals surface area contributed by atoms with Crippen molar-refractivity contribution in [2.45, 2.75) is 20.3 Å². The molecule has 74 valence electrons. The predicted molar refractivity (Wildman–Crippen MR) is 53.6 cm³/mol. The van der Waals surface area contributed by atoms with Crippen molar-refractivity contribution in [1.29, 1.82) is 0 Å². The van der Waals surface area contributed by atoms with Gasteiger partial charge in [0.15, 0.2) is 0 Å². The fourth-order valence-corrected chi connectivity index (χ4v) is 0.687. The van der Waals surface area contributed by atoms with E-state index < -0.39 is 0 Å². The zero-order valence-electron chi connectivity index (χ0n) is 8.30. The van der Waals surface area contributed by atoms with E-state index in [9.17, 15) is 4.79 Å². The predicted octanol–water partition coefficient (Wildman–Crippen LogP) is 2.25. The summed E-state index contributed by atoms with van der Waals surface area (Å²) in [6.07, 6.45) is 4.07. The molecule has 0 aliphatic carbocycles. The van der Waals surface area contributed by atoms with Crippen LogP contribution < -0.4 is 5.32 Å². The Labute approximate surface area is 79.5 Å². The second-order valence-electron chi connectivity index (χ2n) is 2.57. The van der Waals surface area contributed by atoms with Crippen molar-refractivity contribution >= 4 is 6.09 Å². The lowest BCUT2D eigenvalue weighted by atomic mass is 10.3. The minimum absolute atomic E-state index is 0.287. The van der Waals surface area contributed by atoms with Crippen molar-refractivity contribution in [3.05, 3.63) is 24.3 Å². The lowest BCUT2D eigenvalue weighted by Crippen LogP contribution is -2.25. The van der Waals surface area contributed by atoms with Crippen LogP contribution in [0.1, 0.15) is 20.3 Å². The molecule has 0 spiro atoms. The minimum atomic E-state index is -0.372. The number of rotatable bonds is 5. The number of alkyl carbamates (subject to hydrolysis) is 1. The molecule has 1 amide bonds. The van der Waals surface area contributed by atoms with E-state index in [2.05, 4.69) is 11.9 Å². The third kappa shape index (κ3) is 5.96. The first-order chi connectivity index (χ1) is 6.24. The van der Waals surface area contributed by atoms with Crippen LogP contribution in [0.3, 0.4) is 0 Å². The van der Waals surface area contributed by atoms with Gasteiger partial charge in [-0.1, -0.05) is 25.7 Å². The first-order valence-electron chi connectivity index (χ1n) is 4.42. The summed E-state index contributed by atoms with van der Waals surface area (Å²) in [5, 5.41) is 2.61. The molecule has 3 nitrogen and oxygen atoms in total. The maximum atomic E-state index is 10.9. The summed E-state index contributed by atoms with van der Waals surface area (Å²) in [5.41, 5.74) is 0.909. The number of ether oxygens (including phenoxy) is 1. The normalized spacial score (nSPS) is 10.8. The molecule has 0 saturated carbocycles. The SMILES string of the molecule is C=C/C(=C\C)COC(=O)NCCC. The van der Waals surface area contributed by atoms with Crippen molar-refractivity contribution in [2.75, 3.05) is 13.2 Å². The van der Waals surface area contributed by atoms with E-state index in [0.717, 1.165) is 12.0 Å². The minimum Gasteiger partial charge on any atom is -0.445 e. The average Bonchev–Trinajstić information content (AvgIpc) is 2.16. The Hall–Kier alpha value is -1.25. The molecule has 0 radical (unpaired) electrons. The van der Waals surface area contributed by atoms with Gasteiger partial charge in [0.05, 0.1) is 0 Å². The van der Waals surface area contributed by atoms with Crippen molar-refractivity contribution in [1.82, 2.24) is 5.32 Å². The first-order valence-corrected chi connectivity index (χ1v) is 4.42. The second kappa shape index (κ2) is 7.40. The van der Waals surface area contributed by atoms with E-state index in [1.165, 1.54) is 0 Å². The topological polar surface area (TPSA) is 38.3 Å². The van der Waals surface area contributed by atoms with Gasteiger partial charge in [-0.05, 0) is 18.9 Å². The molecular weight excluding hydrogens is 166 g/mol. The summed E-state index contributed by atoms with van der Waals surface area (Å²) >= 11 is 0. The quantitative estimate of drug-likeness (QED) is 0.664. The molecule has 0 saturated heterocycles. The summed E-state index contributed by atoms with van der Waals surface area (Å²) in [6.45, 7) is 8.40. The zero-order chi connectivity index (χ0) is 10.1. The van der Waals surface area contributed by atoms with Gasteiger partial charge in [0.1, 0.15) is 6.61 Å². The van der Waals surface area contributed by atoms with Crippen molar-refractivity contribution in [2.24, 2.45) is 0 Å². The average molecular weight is 183 g/mol. The number of hydrogen-bond acceptors (Lipinski definition) is 2. The maximum absolute atomic E-state index is 10.9. The van der Waals surface area contributed by atoms with Gasteiger partial charge in [0, 0.05) is 6.54 Å². The standard InChI is InChI=1S/C10H17NO2/c1-4-7-11-10(12)13-8-9(5-2)6-3/h5-6H,2,4,7-8H2,1,3H3,(H,11,12)/b9-6+. The molecule has 1 N–H and O–H groups in total. The number of allylic oxidation sites excluding steroid dienone is 1. The molecule has 0 bridgehead atoms. The molecule has 0 aromatic carbocycles. The van der Waals surface area contributed by atoms with E-state index in [1.807, 2.05) is 19.9 Å². The fraction of sp³-hybridized carbons (Fsp3) is 0.500. The number of carbonyl (C=O) groups excluding carboxylic acids is 1. The Morgan fingerprint density at radius 1 is 1.62 bits per heavy atom. The number of amides is 1. The summed E-state index contributed by atoms with van der Waals surface area (Å²) in [4.78, 5) is 10.9. The van der Waals surface area contributed by atoms with E-state index >= 15 is 0 Å². The lowest BCUT2D eigenvalue weighted by molar-refractivity contribution is 0.156. The van der Waals surface area contributed by atoms with E-state index in [0.29, 0.717) is 6.54 Å². The van der Waals surface area contributed by atoms with Crippen molar-refractivity contribution in [3.63, 3.8) is 0 Å². The molecule has 0 aromatic heterocycles. The van der Waals surface area contributed by atoms with Gasteiger partial charge in [-0.3, -0.25) is 0 Å². The van der Waals surface area contributed by atoms with Gasteiger partial charge in [0.25, 0.3) is 0 Å². The number of carbonyl (C=O) groups is 1. The lowest BCUT2D eigenvalue weighted by Gasteiger charge is -2.05. The summed E-state index contributed by atoms with van der Waals surface area (Å²) < 4.78 is 4.90. The molecule has 0 atom stereocenters. The monoisotopic (exact) mass is 183 g/mol. The summed E-state index contributed by atoms with van der Waals surface area (Å²) in [6, 6.07) is 0. The van der Waals surface area contributed by atoms with E-state index in [4.69, 9.17) is 4.74 Å². The van der Waals surface area contributed by atoms with Gasteiger partial charge < -0.3 is 10.1 Å². The Bertz CT molecular complexity index is 197. The zero-order valence-corrected chi connectivity index (χ0v) is 8.30. The molecule has 0 unspecified atom stereocenters. The van der Waals surface area contributed by atoms with Crippen LogP contribution in [0.25, 0.3) is 0 Å². The van der Waals surface area contributed by atoms with E-state index in [-0.39, 0.29) is 12.7 Å². The molecule has 0 aliphatic heterocycles. The van der Waals surface area contributed by atoms with Gasteiger partial charge in [-0.25, -0.2) is 4.79 Å². The molecule has 0 heterocycles. The highest BCUT2D eigenvalue weighted by atomic mass is 16.5. The highest BCUT2D eigenvalue weighted by Crippen LogP contribution is 1.95. The van der Waals surface area contributed by atoms with Crippen LogP contribution in [0, 0.1) is 0 Å². The van der Waals surface area contributed by atoms with Gasteiger partial charge in [-0.2, -0.15) is 0 Å². The van der Waals surface area contributed by atoms with Crippen LogP contribution in [0.2, 0.25) is 0 Å². The van der Waals surface area contributed by atoms with Crippen LogP contribution >= 0.6 is 0 Å². The summed E-state index contributed by atoms with van der Waals surface area (Å²) in [7, 11) is 0. The molecular formula is C10H17NO2. The fourth-order valence-electron chi connectivity index (χ4n) is 0.687. The Balaban J connectivity index is 3.63. The summed E-state index contributed by atoms with van der Waals surface area (Å²) in [5.74, 6) is 0. The van der Waals surface area contributed by atoms with Crippen LogP contribution in [-0.2, 0) is 4.74 Å². The third-order valence-electron chi connectivity index (χ3n) is 1.52. The maximum Gasteiger partial charge on any atom is 0.407 e. The first kappa shape index (κ1) is 11.8. The molecule has 13 heavy (non-hydrogen) atoms. The van der Waals surface area contributed by atoms with Crippen LogP contribution in [0.5, 0.6) is 0 Å². The Morgan fingerprint density at radius 3 is 2.77 bits per heavy atom. The molecule has 0 aliphatic rings. The molecule has 0 fully saturated rings. The van der Waals surface area contributed by atoms with Crippen LogP contribution in [-0.4, -0.2) is 19.2 Å². The number of hydrogen-bond donors (Lipinski definition) is 1. The van der Waals surface area contributed by atoms with Gasteiger partial charge in [0.2, 0.25) is 0 Å². The smallest absolute Gasteiger partial charge is 0.407 e. The van der Waals surface area contributed by atoms with Gasteiger partial charge >= 0.3 is 6.09 Å². The van der Waals surface area contributed by atoms with E-state index in [1.54, 1.807) is 6.08 Å².